The molecule has 0 saturated heterocycles. The number of nitrogens with two attached hydrogens (primary N) is 1. The van der Waals surface area contributed by atoms with Crippen LogP contribution in [0, 0.1) is 0 Å². The van der Waals surface area contributed by atoms with Gasteiger partial charge < -0.3 is 11.1 Å². The number of anilines is 2. The second kappa shape index (κ2) is 8.25. The van der Waals surface area contributed by atoms with E-state index in [9.17, 15) is 0 Å². The van der Waals surface area contributed by atoms with Crippen LogP contribution in [0.15, 0.2) is 23.1 Å². The first kappa shape index (κ1) is 14.2. The molecule has 0 aliphatic rings. The maximum Gasteiger partial charge on any atom is 0.0493 e. The summed E-state index contributed by atoms with van der Waals surface area (Å²) >= 11 is 1.59. The third-order valence-electron chi connectivity index (χ3n) is 2.56. The van der Waals surface area contributed by atoms with E-state index in [0.717, 1.165) is 22.8 Å². The molecule has 1 aromatic rings. The van der Waals surface area contributed by atoms with E-state index in [1.54, 1.807) is 11.9 Å². The Hall–Kier alpha value is -0.870. The average Bonchev–Trinajstić information content (AvgIpc) is 2.32. The van der Waals surface area contributed by atoms with Gasteiger partial charge in [-0.05, 0) is 43.6 Å². The van der Waals surface area contributed by atoms with E-state index >= 15 is 0 Å². The molecule has 96 valence electrons. The fourth-order valence-electron chi connectivity index (χ4n) is 1.65. The summed E-state index contributed by atoms with van der Waals surface area (Å²) in [6.07, 6.45) is 5.12. The molecule has 1 rings (SSSR count). The van der Waals surface area contributed by atoms with Crippen LogP contribution in [0.3, 0.4) is 0 Å². The van der Waals surface area contributed by atoms with Crippen molar-refractivity contribution in [3.8, 4) is 0 Å². The van der Waals surface area contributed by atoms with Crippen LogP contribution in [0.5, 0.6) is 0 Å². The van der Waals surface area contributed by atoms with Crippen molar-refractivity contribution in [1.82, 2.24) is 4.72 Å². The van der Waals surface area contributed by atoms with Crippen molar-refractivity contribution < 1.29 is 0 Å². The first-order valence-electron chi connectivity index (χ1n) is 6.25. The molecule has 0 atom stereocenters. The molecule has 1 aromatic carbocycles. The smallest absolute Gasteiger partial charge is 0.0493 e. The molecule has 4 heteroatoms. The van der Waals surface area contributed by atoms with Crippen molar-refractivity contribution in [2.45, 2.75) is 37.5 Å². The number of hydrogen-bond acceptors (Lipinski definition) is 4. The zero-order chi connectivity index (χ0) is 12.5. The number of unbranched alkanes of at least 4 members (excludes halogenated alkanes) is 3. The van der Waals surface area contributed by atoms with Crippen LogP contribution >= 0.6 is 11.9 Å². The lowest BCUT2D eigenvalue weighted by Crippen LogP contribution is -2.04. The Morgan fingerprint density at radius 2 is 2.06 bits per heavy atom. The summed E-state index contributed by atoms with van der Waals surface area (Å²) < 4.78 is 3.08. The molecule has 0 saturated carbocycles. The van der Waals surface area contributed by atoms with Gasteiger partial charge in [-0.25, -0.2) is 0 Å². The SMILES string of the molecule is CCCCCCNc1ccc(N)cc1SNC. The van der Waals surface area contributed by atoms with E-state index in [1.807, 2.05) is 19.2 Å². The van der Waals surface area contributed by atoms with Gasteiger partial charge in [0.2, 0.25) is 0 Å². The summed E-state index contributed by atoms with van der Waals surface area (Å²) in [7, 11) is 1.92. The van der Waals surface area contributed by atoms with E-state index < -0.39 is 0 Å². The van der Waals surface area contributed by atoms with Crippen molar-refractivity contribution in [3.05, 3.63) is 18.2 Å². The highest BCUT2D eigenvalue weighted by molar-refractivity contribution is 7.97. The van der Waals surface area contributed by atoms with E-state index in [1.165, 1.54) is 25.7 Å². The summed E-state index contributed by atoms with van der Waals surface area (Å²) in [5.41, 5.74) is 7.75. The summed E-state index contributed by atoms with van der Waals surface area (Å²) in [4.78, 5) is 1.16. The Bertz CT molecular complexity index is 328. The molecule has 0 spiro atoms. The lowest BCUT2D eigenvalue weighted by molar-refractivity contribution is 0.684. The Labute approximate surface area is 109 Å². The van der Waals surface area contributed by atoms with E-state index in [2.05, 4.69) is 23.0 Å². The van der Waals surface area contributed by atoms with Gasteiger partial charge in [-0.3, -0.25) is 4.72 Å². The predicted octanol–water partition coefficient (Wildman–Crippen LogP) is 3.49. The predicted molar refractivity (Wildman–Crippen MR) is 78.4 cm³/mol. The second-order valence-corrected chi connectivity index (χ2v) is 5.10. The first-order valence-corrected chi connectivity index (χ1v) is 7.06. The van der Waals surface area contributed by atoms with Crippen LogP contribution < -0.4 is 15.8 Å². The van der Waals surface area contributed by atoms with Gasteiger partial charge in [-0.15, -0.1) is 0 Å². The molecule has 0 bridgehead atoms. The van der Waals surface area contributed by atoms with Gasteiger partial charge in [0.25, 0.3) is 0 Å². The quantitative estimate of drug-likeness (QED) is 0.377. The van der Waals surface area contributed by atoms with Crippen molar-refractivity contribution >= 4 is 23.3 Å². The fraction of sp³-hybridized carbons (Fsp3) is 0.538. The topological polar surface area (TPSA) is 50.1 Å². The van der Waals surface area contributed by atoms with Crippen molar-refractivity contribution in [1.29, 1.82) is 0 Å². The second-order valence-electron chi connectivity index (χ2n) is 4.05. The highest BCUT2D eigenvalue weighted by Gasteiger charge is 2.02. The molecule has 0 aromatic heterocycles. The Balaban J connectivity index is 2.45. The lowest BCUT2D eigenvalue weighted by Gasteiger charge is -2.11. The standard InChI is InChI=1S/C13H23N3S/c1-3-4-5-6-9-16-12-8-7-11(14)10-13(12)17-15-2/h7-8,10,15-16H,3-6,9,14H2,1-2H3. The normalized spacial score (nSPS) is 10.5. The van der Waals surface area contributed by atoms with Crippen LogP contribution in [0.25, 0.3) is 0 Å². The van der Waals surface area contributed by atoms with Crippen LogP contribution in [-0.4, -0.2) is 13.6 Å². The van der Waals surface area contributed by atoms with Gasteiger partial charge in [0.1, 0.15) is 0 Å². The zero-order valence-corrected chi connectivity index (χ0v) is 11.6. The number of nitrogens with one attached hydrogen (secondary N) is 2. The van der Waals surface area contributed by atoms with Crippen LogP contribution in [-0.2, 0) is 0 Å². The highest BCUT2D eigenvalue weighted by atomic mass is 32.2. The number of nitrogen functional groups attached to an aromatic ring is 1. The van der Waals surface area contributed by atoms with Gasteiger partial charge in [0, 0.05) is 22.8 Å². The van der Waals surface area contributed by atoms with Crippen LogP contribution in [0.4, 0.5) is 11.4 Å². The third kappa shape index (κ3) is 5.33. The minimum absolute atomic E-state index is 0.805. The Morgan fingerprint density at radius 1 is 1.24 bits per heavy atom. The molecule has 17 heavy (non-hydrogen) atoms. The summed E-state index contributed by atoms with van der Waals surface area (Å²) in [6, 6.07) is 5.98. The number of hydrogen-bond donors (Lipinski definition) is 3. The molecule has 3 nitrogen and oxygen atoms in total. The molecule has 0 fully saturated rings. The number of rotatable bonds is 8. The van der Waals surface area contributed by atoms with E-state index in [-0.39, 0.29) is 0 Å². The first-order chi connectivity index (χ1) is 8.27. The summed E-state index contributed by atoms with van der Waals surface area (Å²) in [5.74, 6) is 0. The molecule has 4 N–H and O–H groups in total. The molecular formula is C13H23N3S. The summed E-state index contributed by atoms with van der Waals surface area (Å²) in [5, 5.41) is 3.47. The van der Waals surface area contributed by atoms with Gasteiger partial charge in [0.15, 0.2) is 0 Å². The molecule has 0 unspecified atom stereocenters. The fourth-order valence-corrected chi connectivity index (χ4v) is 2.32. The molecule has 0 amide bonds. The Morgan fingerprint density at radius 3 is 2.76 bits per heavy atom. The van der Waals surface area contributed by atoms with Gasteiger partial charge in [0.05, 0.1) is 0 Å². The van der Waals surface area contributed by atoms with Crippen molar-refractivity contribution in [2.75, 3.05) is 24.6 Å². The maximum atomic E-state index is 5.78. The molecule has 0 aliphatic heterocycles. The molecule has 0 heterocycles. The summed E-state index contributed by atoms with van der Waals surface area (Å²) in [6.45, 7) is 3.26. The lowest BCUT2D eigenvalue weighted by atomic mass is 10.2. The highest BCUT2D eigenvalue weighted by Crippen LogP contribution is 2.27. The maximum absolute atomic E-state index is 5.78. The minimum atomic E-state index is 0.805. The van der Waals surface area contributed by atoms with E-state index in [0.29, 0.717) is 0 Å². The molecule has 0 aliphatic carbocycles. The average molecular weight is 253 g/mol. The van der Waals surface area contributed by atoms with Gasteiger partial charge >= 0.3 is 0 Å². The zero-order valence-electron chi connectivity index (χ0n) is 10.8. The van der Waals surface area contributed by atoms with Crippen LogP contribution in [0.2, 0.25) is 0 Å². The monoisotopic (exact) mass is 253 g/mol. The van der Waals surface area contributed by atoms with E-state index in [4.69, 9.17) is 5.73 Å². The van der Waals surface area contributed by atoms with Crippen LogP contribution in [0.1, 0.15) is 32.6 Å². The molecular weight excluding hydrogens is 230 g/mol. The van der Waals surface area contributed by atoms with Crippen molar-refractivity contribution in [3.63, 3.8) is 0 Å². The van der Waals surface area contributed by atoms with Crippen molar-refractivity contribution in [2.24, 2.45) is 0 Å². The van der Waals surface area contributed by atoms with Gasteiger partial charge in [-0.1, -0.05) is 26.2 Å². The Kier molecular flexibility index (Phi) is 6.89. The number of benzene rings is 1. The molecule has 0 radical (unpaired) electrons. The minimum Gasteiger partial charge on any atom is -0.399 e. The largest absolute Gasteiger partial charge is 0.399 e. The van der Waals surface area contributed by atoms with Gasteiger partial charge in [-0.2, -0.15) is 0 Å². The third-order valence-corrected chi connectivity index (χ3v) is 3.33.